The summed E-state index contributed by atoms with van der Waals surface area (Å²) >= 11 is 11.0. The number of rotatable bonds is 3. The molecule has 1 aromatic heterocycles. The first-order valence-electron chi connectivity index (χ1n) is 5.17. The van der Waals surface area contributed by atoms with Gasteiger partial charge in [0.1, 0.15) is 5.03 Å². The van der Waals surface area contributed by atoms with Gasteiger partial charge in [-0.15, -0.1) is 0 Å². The van der Waals surface area contributed by atoms with Crippen LogP contribution in [0.25, 0.3) is 0 Å². The van der Waals surface area contributed by atoms with Crippen LogP contribution in [0.3, 0.4) is 0 Å². The van der Waals surface area contributed by atoms with E-state index in [1.807, 2.05) is 18.2 Å². The zero-order chi connectivity index (χ0) is 13.1. The van der Waals surface area contributed by atoms with Gasteiger partial charge in [0.2, 0.25) is 0 Å². The van der Waals surface area contributed by atoms with E-state index >= 15 is 0 Å². The van der Waals surface area contributed by atoms with Crippen molar-refractivity contribution in [1.29, 1.82) is 0 Å². The molecule has 0 radical (unpaired) electrons. The van der Waals surface area contributed by atoms with Crippen LogP contribution in [0, 0.1) is 0 Å². The lowest BCUT2D eigenvalue weighted by atomic mass is 10.1. The monoisotopic (exact) mass is 341 g/mol. The molecule has 1 heterocycles. The van der Waals surface area contributed by atoms with Gasteiger partial charge in [0.15, 0.2) is 5.78 Å². The highest BCUT2D eigenvalue weighted by Gasteiger charge is 2.08. The number of pyridine rings is 1. The summed E-state index contributed by atoms with van der Waals surface area (Å²) < 4.78 is 0.932. The zero-order valence-electron chi connectivity index (χ0n) is 9.48. The third-order valence-electron chi connectivity index (χ3n) is 2.26. The number of ketones is 1. The number of aromatic nitrogens is 1. The third kappa shape index (κ3) is 3.13. The van der Waals surface area contributed by atoms with Crippen LogP contribution in [0.5, 0.6) is 0 Å². The van der Waals surface area contributed by atoms with Crippen LogP contribution in [-0.4, -0.2) is 10.8 Å². The van der Waals surface area contributed by atoms with E-state index in [0.29, 0.717) is 10.6 Å². The molecule has 92 valence electrons. The van der Waals surface area contributed by atoms with E-state index < -0.39 is 0 Å². The van der Waals surface area contributed by atoms with Crippen LogP contribution in [0.15, 0.2) is 50.9 Å². The molecule has 0 aliphatic rings. The van der Waals surface area contributed by atoms with Crippen molar-refractivity contribution in [2.24, 2.45) is 0 Å². The second kappa shape index (κ2) is 5.87. The fourth-order valence-corrected chi connectivity index (χ4v) is 3.09. The minimum absolute atomic E-state index is 0.0319. The topological polar surface area (TPSA) is 30.0 Å². The first-order valence-corrected chi connectivity index (χ1v) is 7.15. The van der Waals surface area contributed by atoms with Crippen molar-refractivity contribution in [3.8, 4) is 0 Å². The van der Waals surface area contributed by atoms with E-state index in [9.17, 15) is 4.79 Å². The first-order chi connectivity index (χ1) is 8.58. The smallest absolute Gasteiger partial charge is 0.161 e. The Kier molecular flexibility index (Phi) is 4.43. The van der Waals surface area contributed by atoms with Gasteiger partial charge in [0.25, 0.3) is 0 Å². The van der Waals surface area contributed by atoms with Crippen molar-refractivity contribution in [2.75, 3.05) is 0 Å². The molecule has 0 amide bonds. The number of carbonyl (C=O) groups is 1. The maximum Gasteiger partial charge on any atom is 0.161 e. The predicted molar refractivity (Wildman–Crippen MR) is 77.5 cm³/mol. The molecule has 5 heteroatoms. The number of benzene rings is 1. The van der Waals surface area contributed by atoms with Gasteiger partial charge in [-0.2, -0.15) is 0 Å². The molecule has 0 aliphatic heterocycles. The molecule has 0 aliphatic carbocycles. The van der Waals surface area contributed by atoms with Crippen molar-refractivity contribution in [3.63, 3.8) is 0 Å². The average Bonchev–Trinajstić information content (AvgIpc) is 2.32. The van der Waals surface area contributed by atoms with E-state index in [0.717, 1.165) is 14.4 Å². The third-order valence-corrected chi connectivity index (χ3v) is 4.48. The molecule has 2 aromatic rings. The van der Waals surface area contributed by atoms with Gasteiger partial charge < -0.3 is 0 Å². The number of hydrogen-bond donors (Lipinski definition) is 0. The van der Waals surface area contributed by atoms with E-state index in [-0.39, 0.29) is 5.78 Å². The van der Waals surface area contributed by atoms with Gasteiger partial charge in [0.05, 0.1) is 9.50 Å². The molecule has 0 spiro atoms. The highest BCUT2D eigenvalue weighted by Crippen LogP contribution is 2.33. The Morgan fingerprint density at radius 2 is 2.17 bits per heavy atom. The lowest BCUT2D eigenvalue weighted by Crippen LogP contribution is -1.93. The van der Waals surface area contributed by atoms with Crippen molar-refractivity contribution in [1.82, 2.24) is 4.98 Å². The highest BCUT2D eigenvalue weighted by atomic mass is 79.9. The molecule has 0 saturated carbocycles. The molecule has 0 unspecified atom stereocenters. The molecule has 1 aromatic carbocycles. The molecule has 0 N–H and O–H groups in total. The first kappa shape index (κ1) is 13.6. The Morgan fingerprint density at radius 3 is 2.78 bits per heavy atom. The van der Waals surface area contributed by atoms with Crippen molar-refractivity contribution in [3.05, 3.63) is 51.6 Å². The van der Waals surface area contributed by atoms with Crippen molar-refractivity contribution in [2.45, 2.75) is 16.8 Å². The van der Waals surface area contributed by atoms with Crippen LogP contribution in [-0.2, 0) is 0 Å². The minimum Gasteiger partial charge on any atom is -0.294 e. The fraction of sp³-hybridized carbons (Fsp3) is 0.0769. The summed E-state index contributed by atoms with van der Waals surface area (Å²) in [6.45, 7) is 1.50. The summed E-state index contributed by atoms with van der Waals surface area (Å²) in [6, 6.07) is 9.18. The average molecular weight is 343 g/mol. The fourth-order valence-electron chi connectivity index (χ4n) is 1.40. The molecule has 2 nitrogen and oxygen atoms in total. The summed E-state index contributed by atoms with van der Waals surface area (Å²) in [4.78, 5) is 16.5. The molecular formula is C13H9BrClNOS. The lowest BCUT2D eigenvalue weighted by Gasteiger charge is -2.05. The SMILES string of the molecule is CC(=O)c1ccc(Sc2ncccc2Br)cc1Cl. The minimum atomic E-state index is -0.0319. The van der Waals surface area contributed by atoms with Gasteiger partial charge in [-0.05, 0) is 53.2 Å². The summed E-state index contributed by atoms with van der Waals surface area (Å²) in [5.74, 6) is -0.0319. The zero-order valence-corrected chi connectivity index (χ0v) is 12.6. The second-order valence-electron chi connectivity index (χ2n) is 3.59. The number of halogens is 2. The van der Waals surface area contributed by atoms with Crippen LogP contribution in [0.1, 0.15) is 17.3 Å². The van der Waals surface area contributed by atoms with E-state index in [2.05, 4.69) is 20.9 Å². The normalized spacial score (nSPS) is 10.4. The van der Waals surface area contributed by atoms with E-state index in [1.165, 1.54) is 18.7 Å². The molecule has 0 fully saturated rings. The van der Waals surface area contributed by atoms with Gasteiger partial charge in [-0.1, -0.05) is 23.4 Å². The Hall–Kier alpha value is -0.840. The van der Waals surface area contributed by atoms with Gasteiger partial charge in [-0.3, -0.25) is 4.79 Å². The summed E-state index contributed by atoms with van der Waals surface area (Å²) in [6.07, 6.45) is 1.73. The van der Waals surface area contributed by atoms with Crippen LogP contribution in [0.2, 0.25) is 5.02 Å². The van der Waals surface area contributed by atoms with Gasteiger partial charge in [-0.25, -0.2) is 4.98 Å². The number of hydrogen-bond acceptors (Lipinski definition) is 3. The second-order valence-corrected chi connectivity index (χ2v) is 5.91. The quantitative estimate of drug-likeness (QED) is 0.747. The maximum atomic E-state index is 11.3. The Morgan fingerprint density at radius 1 is 1.39 bits per heavy atom. The Labute approximate surface area is 123 Å². The summed E-state index contributed by atoms with van der Waals surface area (Å²) in [5.41, 5.74) is 0.543. The highest BCUT2D eigenvalue weighted by molar-refractivity contribution is 9.10. The Balaban J connectivity index is 2.29. The Bertz CT molecular complexity index is 603. The molecule has 0 saturated heterocycles. The van der Waals surface area contributed by atoms with Crippen molar-refractivity contribution >= 4 is 45.1 Å². The van der Waals surface area contributed by atoms with Crippen LogP contribution in [0.4, 0.5) is 0 Å². The lowest BCUT2D eigenvalue weighted by molar-refractivity contribution is 0.101. The number of Topliss-reactive ketones (excluding diaryl/α,β-unsaturated/α-hetero) is 1. The molecule has 2 rings (SSSR count). The van der Waals surface area contributed by atoms with Crippen LogP contribution < -0.4 is 0 Å². The standard InChI is InChI=1S/C13H9BrClNOS/c1-8(17)10-5-4-9(7-12(10)15)18-13-11(14)3-2-6-16-13/h2-7H,1H3. The largest absolute Gasteiger partial charge is 0.294 e. The van der Waals surface area contributed by atoms with Crippen LogP contribution >= 0.6 is 39.3 Å². The predicted octanol–water partition coefficient (Wildman–Crippen LogP) is 4.85. The molecule has 0 bridgehead atoms. The number of carbonyl (C=O) groups excluding carboxylic acids is 1. The summed E-state index contributed by atoms with van der Waals surface area (Å²) in [5, 5.41) is 1.34. The maximum absolute atomic E-state index is 11.3. The number of nitrogens with zero attached hydrogens (tertiary/aromatic N) is 1. The molecular weight excluding hydrogens is 334 g/mol. The van der Waals surface area contributed by atoms with Crippen molar-refractivity contribution < 1.29 is 4.79 Å². The van der Waals surface area contributed by atoms with Gasteiger partial charge in [0, 0.05) is 16.7 Å². The van der Waals surface area contributed by atoms with Gasteiger partial charge >= 0.3 is 0 Å². The molecule has 0 atom stereocenters. The molecule has 18 heavy (non-hydrogen) atoms. The van der Waals surface area contributed by atoms with E-state index in [4.69, 9.17) is 11.6 Å². The summed E-state index contributed by atoms with van der Waals surface area (Å²) in [7, 11) is 0. The van der Waals surface area contributed by atoms with E-state index in [1.54, 1.807) is 18.3 Å².